The SMILES string of the molecule is Cc1cc2c(C#CCN(C)C)cccc2c(-c2ccc(Cl)cc2)c1C(OC(C)(C)C)C(=O)O. The van der Waals surface area contributed by atoms with E-state index in [2.05, 4.69) is 11.8 Å². The molecule has 0 aliphatic rings. The topological polar surface area (TPSA) is 49.8 Å². The minimum atomic E-state index is -1.12. The smallest absolute Gasteiger partial charge is 0.337 e. The molecule has 0 aliphatic carbocycles. The quantitative estimate of drug-likeness (QED) is 0.449. The molecule has 0 bridgehead atoms. The summed E-state index contributed by atoms with van der Waals surface area (Å²) in [7, 11) is 3.96. The number of fused-ring (bicyclic) bond motifs is 1. The Hall–Kier alpha value is -2.84. The third kappa shape index (κ3) is 5.94. The first-order valence-electron chi connectivity index (χ1n) is 10.8. The van der Waals surface area contributed by atoms with Crippen LogP contribution in [0.4, 0.5) is 0 Å². The summed E-state index contributed by atoms with van der Waals surface area (Å²) >= 11 is 6.16. The van der Waals surface area contributed by atoms with Crippen molar-refractivity contribution in [2.24, 2.45) is 0 Å². The summed E-state index contributed by atoms with van der Waals surface area (Å²) in [5.41, 5.74) is 3.46. The van der Waals surface area contributed by atoms with E-state index >= 15 is 0 Å². The molecule has 0 heterocycles. The molecule has 1 unspecified atom stereocenters. The highest BCUT2D eigenvalue weighted by Crippen LogP contribution is 2.41. The van der Waals surface area contributed by atoms with Gasteiger partial charge in [-0.1, -0.05) is 47.7 Å². The van der Waals surface area contributed by atoms with Crippen LogP contribution >= 0.6 is 11.6 Å². The van der Waals surface area contributed by atoms with Crippen LogP contribution in [0.15, 0.2) is 48.5 Å². The number of carbonyl (C=O) groups is 1. The first-order chi connectivity index (χ1) is 15.5. The van der Waals surface area contributed by atoms with Gasteiger partial charge in [0.1, 0.15) is 0 Å². The highest BCUT2D eigenvalue weighted by Gasteiger charge is 2.31. The van der Waals surface area contributed by atoms with E-state index in [1.54, 1.807) is 0 Å². The van der Waals surface area contributed by atoms with E-state index in [9.17, 15) is 9.90 Å². The molecule has 0 aromatic heterocycles. The number of nitrogens with zero attached hydrogens (tertiary/aromatic N) is 1. The van der Waals surface area contributed by atoms with Gasteiger partial charge in [-0.15, -0.1) is 0 Å². The fraction of sp³-hybridized carbons (Fsp3) is 0.321. The van der Waals surface area contributed by atoms with Gasteiger partial charge in [0.15, 0.2) is 6.10 Å². The molecule has 1 N–H and O–H groups in total. The molecule has 33 heavy (non-hydrogen) atoms. The molecule has 0 aliphatic heterocycles. The van der Waals surface area contributed by atoms with Crippen LogP contribution < -0.4 is 0 Å². The fourth-order valence-corrected chi connectivity index (χ4v) is 3.95. The average Bonchev–Trinajstić information content (AvgIpc) is 2.71. The number of carboxylic acids is 1. The van der Waals surface area contributed by atoms with E-state index in [1.165, 1.54) is 0 Å². The molecular formula is C28H30ClNO3. The molecule has 0 saturated carbocycles. The van der Waals surface area contributed by atoms with Crippen LogP contribution in [0.5, 0.6) is 0 Å². The standard InChI is InChI=1S/C28H30ClNO3/c1-18-17-23-19(10-8-16-30(5)6)9-7-11-22(23)25(20-12-14-21(29)15-13-20)24(18)26(27(31)32)33-28(2,3)4/h7,9,11-15,17,26H,16H2,1-6H3,(H,31,32). The summed E-state index contributed by atoms with van der Waals surface area (Å²) in [5, 5.41) is 12.7. The van der Waals surface area contributed by atoms with Gasteiger partial charge in [0, 0.05) is 16.1 Å². The average molecular weight is 464 g/mol. The number of aryl methyl sites for hydroxylation is 1. The summed E-state index contributed by atoms with van der Waals surface area (Å²) in [4.78, 5) is 14.4. The van der Waals surface area contributed by atoms with Crippen molar-refractivity contribution in [1.29, 1.82) is 0 Å². The number of aliphatic carboxylic acids is 1. The van der Waals surface area contributed by atoms with Crippen molar-refractivity contribution in [1.82, 2.24) is 4.90 Å². The molecule has 0 fully saturated rings. The van der Waals surface area contributed by atoms with Gasteiger partial charge in [-0.3, -0.25) is 4.90 Å². The summed E-state index contributed by atoms with van der Waals surface area (Å²) in [6.07, 6.45) is -1.12. The maximum Gasteiger partial charge on any atom is 0.337 e. The first kappa shape index (κ1) is 24.8. The molecule has 0 spiro atoms. The molecule has 0 radical (unpaired) electrons. The molecule has 3 rings (SSSR count). The Bertz CT molecular complexity index is 1230. The van der Waals surface area contributed by atoms with Gasteiger partial charge in [-0.2, -0.15) is 0 Å². The fourth-order valence-electron chi connectivity index (χ4n) is 3.83. The van der Waals surface area contributed by atoms with Gasteiger partial charge in [0.05, 0.1) is 12.1 Å². The zero-order chi connectivity index (χ0) is 24.3. The number of hydrogen-bond donors (Lipinski definition) is 1. The number of benzene rings is 3. The van der Waals surface area contributed by atoms with Crippen LogP contribution in [0, 0.1) is 18.8 Å². The zero-order valence-electron chi connectivity index (χ0n) is 20.0. The largest absolute Gasteiger partial charge is 0.479 e. The van der Waals surface area contributed by atoms with Crippen molar-refractivity contribution in [3.8, 4) is 23.0 Å². The minimum Gasteiger partial charge on any atom is -0.479 e. The van der Waals surface area contributed by atoms with E-state index in [-0.39, 0.29) is 0 Å². The van der Waals surface area contributed by atoms with Gasteiger partial charge in [-0.05, 0) is 93.5 Å². The van der Waals surface area contributed by atoms with Gasteiger partial charge < -0.3 is 9.84 Å². The lowest BCUT2D eigenvalue weighted by Crippen LogP contribution is -2.28. The van der Waals surface area contributed by atoms with Crippen molar-refractivity contribution >= 4 is 28.3 Å². The lowest BCUT2D eigenvalue weighted by Gasteiger charge is -2.28. The first-order valence-corrected chi connectivity index (χ1v) is 11.2. The summed E-state index contributed by atoms with van der Waals surface area (Å²) in [5.74, 6) is 5.47. The summed E-state index contributed by atoms with van der Waals surface area (Å²) < 4.78 is 6.06. The molecule has 172 valence electrons. The number of carboxylic acid groups (broad SMARTS) is 1. The third-order valence-electron chi connectivity index (χ3n) is 5.14. The maximum atomic E-state index is 12.4. The maximum absolute atomic E-state index is 12.4. The predicted octanol–water partition coefficient (Wildman–Crippen LogP) is 6.32. The van der Waals surface area contributed by atoms with Crippen LogP contribution in [0.25, 0.3) is 21.9 Å². The van der Waals surface area contributed by atoms with Gasteiger partial charge in [0.25, 0.3) is 0 Å². The van der Waals surface area contributed by atoms with Crippen molar-refractivity contribution < 1.29 is 14.6 Å². The molecule has 0 amide bonds. The lowest BCUT2D eigenvalue weighted by atomic mass is 9.86. The zero-order valence-corrected chi connectivity index (χ0v) is 20.7. The molecule has 0 saturated heterocycles. The predicted molar refractivity (Wildman–Crippen MR) is 136 cm³/mol. The molecule has 4 nitrogen and oxygen atoms in total. The van der Waals surface area contributed by atoms with E-state index in [0.717, 1.165) is 33.0 Å². The van der Waals surface area contributed by atoms with Crippen molar-refractivity contribution in [2.75, 3.05) is 20.6 Å². The highest BCUT2D eigenvalue weighted by atomic mass is 35.5. The van der Waals surface area contributed by atoms with Crippen molar-refractivity contribution in [3.05, 3.63) is 70.2 Å². The highest BCUT2D eigenvalue weighted by molar-refractivity contribution is 6.30. The summed E-state index contributed by atoms with van der Waals surface area (Å²) in [6, 6.07) is 15.4. The Morgan fingerprint density at radius 1 is 1.12 bits per heavy atom. The van der Waals surface area contributed by atoms with Gasteiger partial charge in [-0.25, -0.2) is 4.79 Å². The van der Waals surface area contributed by atoms with E-state index < -0.39 is 17.7 Å². The Morgan fingerprint density at radius 2 is 1.79 bits per heavy atom. The number of ether oxygens (including phenoxy) is 1. The lowest BCUT2D eigenvalue weighted by molar-refractivity contribution is -0.160. The normalized spacial score (nSPS) is 12.5. The van der Waals surface area contributed by atoms with Crippen LogP contribution in [0.2, 0.25) is 5.02 Å². The number of rotatable bonds is 5. The molecule has 5 heteroatoms. The van der Waals surface area contributed by atoms with E-state index in [4.69, 9.17) is 16.3 Å². The van der Waals surface area contributed by atoms with Crippen molar-refractivity contribution in [2.45, 2.75) is 39.4 Å². The second-order valence-corrected chi connectivity index (χ2v) is 9.81. The Balaban J connectivity index is 2.38. The molecular weight excluding hydrogens is 434 g/mol. The van der Waals surface area contributed by atoms with Gasteiger partial charge in [0.2, 0.25) is 0 Å². The summed E-state index contributed by atoms with van der Waals surface area (Å²) in [6.45, 7) is 8.16. The second-order valence-electron chi connectivity index (χ2n) is 9.38. The molecule has 3 aromatic carbocycles. The van der Waals surface area contributed by atoms with E-state index in [0.29, 0.717) is 17.1 Å². The Morgan fingerprint density at radius 3 is 2.36 bits per heavy atom. The minimum absolute atomic E-state index is 0.619. The van der Waals surface area contributed by atoms with Crippen LogP contribution in [-0.4, -0.2) is 42.2 Å². The monoisotopic (exact) mass is 463 g/mol. The third-order valence-corrected chi connectivity index (χ3v) is 5.39. The number of hydrogen-bond acceptors (Lipinski definition) is 3. The Kier molecular flexibility index (Phi) is 7.49. The van der Waals surface area contributed by atoms with Gasteiger partial charge >= 0.3 is 5.97 Å². The molecule has 1 atom stereocenters. The van der Waals surface area contributed by atoms with E-state index in [1.807, 2.05) is 95.2 Å². The van der Waals surface area contributed by atoms with Crippen molar-refractivity contribution in [3.63, 3.8) is 0 Å². The van der Waals surface area contributed by atoms with Crippen LogP contribution in [0.1, 0.15) is 43.6 Å². The number of halogens is 1. The van der Waals surface area contributed by atoms with Crippen LogP contribution in [-0.2, 0) is 9.53 Å². The van der Waals surface area contributed by atoms with Crippen LogP contribution in [0.3, 0.4) is 0 Å². The molecule has 3 aromatic rings. The Labute approximate surface area is 201 Å². The second kappa shape index (κ2) is 9.97.